The van der Waals surface area contributed by atoms with Gasteiger partial charge in [0.25, 0.3) is 0 Å². The van der Waals surface area contributed by atoms with E-state index in [1.54, 1.807) is 19.2 Å². The first-order valence-electron chi connectivity index (χ1n) is 5.43. The van der Waals surface area contributed by atoms with Gasteiger partial charge >= 0.3 is 5.97 Å². The van der Waals surface area contributed by atoms with Gasteiger partial charge in [0.1, 0.15) is 11.3 Å². The lowest BCUT2D eigenvalue weighted by atomic mass is 10.2. The van der Waals surface area contributed by atoms with Crippen LogP contribution in [0.2, 0.25) is 0 Å². The number of halogens is 1. The van der Waals surface area contributed by atoms with E-state index in [9.17, 15) is 4.79 Å². The SMILES string of the molecule is Br.CCOC(=O)COc1cccc2cccnc12. The molecule has 1 heterocycles. The molecule has 0 amide bonds. The van der Waals surface area contributed by atoms with Crippen molar-refractivity contribution in [2.45, 2.75) is 6.92 Å². The van der Waals surface area contributed by atoms with Crippen molar-refractivity contribution in [2.24, 2.45) is 0 Å². The number of hydrogen-bond donors (Lipinski definition) is 0. The molecule has 0 aliphatic heterocycles. The number of pyridine rings is 1. The Balaban J connectivity index is 0.00000162. The Bertz CT molecular complexity index is 525. The number of benzene rings is 1. The Hall–Kier alpha value is -1.62. The summed E-state index contributed by atoms with van der Waals surface area (Å²) in [5.41, 5.74) is 0.749. The van der Waals surface area contributed by atoms with Crippen LogP contribution in [0, 0.1) is 0 Å². The van der Waals surface area contributed by atoms with Crippen molar-refractivity contribution in [1.82, 2.24) is 4.98 Å². The zero-order valence-electron chi connectivity index (χ0n) is 9.96. The highest BCUT2D eigenvalue weighted by Gasteiger charge is 2.06. The van der Waals surface area contributed by atoms with Gasteiger partial charge in [0, 0.05) is 11.6 Å². The molecule has 2 aromatic rings. The van der Waals surface area contributed by atoms with Crippen LogP contribution in [-0.4, -0.2) is 24.2 Å². The van der Waals surface area contributed by atoms with Crippen molar-refractivity contribution in [3.63, 3.8) is 0 Å². The van der Waals surface area contributed by atoms with E-state index in [1.165, 1.54) is 0 Å². The molecule has 5 heteroatoms. The smallest absolute Gasteiger partial charge is 0.344 e. The zero-order valence-corrected chi connectivity index (χ0v) is 11.7. The van der Waals surface area contributed by atoms with Crippen molar-refractivity contribution in [3.8, 4) is 5.75 Å². The monoisotopic (exact) mass is 311 g/mol. The maximum atomic E-state index is 11.2. The van der Waals surface area contributed by atoms with Crippen LogP contribution in [0.25, 0.3) is 10.9 Å². The maximum absolute atomic E-state index is 11.2. The van der Waals surface area contributed by atoms with Gasteiger partial charge in [0.05, 0.1) is 6.61 Å². The molecule has 0 aliphatic rings. The van der Waals surface area contributed by atoms with Crippen LogP contribution >= 0.6 is 17.0 Å². The highest BCUT2D eigenvalue weighted by atomic mass is 79.9. The standard InChI is InChI=1S/C13H13NO3.BrH/c1-2-16-12(15)9-17-11-7-3-5-10-6-4-8-14-13(10)11;/h3-8H,2,9H2,1H3;1H. The zero-order chi connectivity index (χ0) is 12.1. The molecule has 0 spiro atoms. The largest absolute Gasteiger partial charge is 0.480 e. The summed E-state index contributed by atoms with van der Waals surface area (Å²) >= 11 is 0. The minimum atomic E-state index is -0.375. The van der Waals surface area contributed by atoms with Gasteiger partial charge in [-0.1, -0.05) is 18.2 Å². The molecular weight excluding hydrogens is 298 g/mol. The number of rotatable bonds is 4. The van der Waals surface area contributed by atoms with E-state index in [0.717, 1.165) is 10.9 Å². The summed E-state index contributed by atoms with van der Waals surface area (Å²) in [7, 11) is 0. The van der Waals surface area contributed by atoms with E-state index in [1.807, 2.05) is 24.3 Å². The highest BCUT2D eigenvalue weighted by molar-refractivity contribution is 8.93. The third kappa shape index (κ3) is 3.43. The molecule has 0 fully saturated rings. The maximum Gasteiger partial charge on any atom is 0.344 e. The number of carbonyl (C=O) groups excluding carboxylic acids is 1. The summed E-state index contributed by atoms with van der Waals surface area (Å²) in [6, 6.07) is 9.40. The topological polar surface area (TPSA) is 48.4 Å². The lowest BCUT2D eigenvalue weighted by Crippen LogP contribution is -2.14. The van der Waals surface area contributed by atoms with E-state index in [0.29, 0.717) is 12.4 Å². The molecule has 0 saturated carbocycles. The van der Waals surface area contributed by atoms with Gasteiger partial charge in [-0.3, -0.25) is 4.98 Å². The summed E-state index contributed by atoms with van der Waals surface area (Å²) in [6.45, 7) is 2.02. The summed E-state index contributed by atoms with van der Waals surface area (Å²) in [5, 5.41) is 0.980. The van der Waals surface area contributed by atoms with Crippen LogP contribution in [-0.2, 0) is 9.53 Å². The van der Waals surface area contributed by atoms with Gasteiger partial charge in [-0.2, -0.15) is 0 Å². The summed E-state index contributed by atoms with van der Waals surface area (Å²) in [5.74, 6) is 0.219. The lowest BCUT2D eigenvalue weighted by molar-refractivity contribution is -0.145. The average molecular weight is 312 g/mol. The number of fused-ring (bicyclic) bond motifs is 1. The molecule has 1 aromatic carbocycles. The molecule has 96 valence electrons. The number of esters is 1. The summed E-state index contributed by atoms with van der Waals surface area (Å²) < 4.78 is 10.2. The number of nitrogens with zero attached hydrogens (tertiary/aromatic N) is 1. The first-order valence-corrected chi connectivity index (χ1v) is 5.43. The van der Waals surface area contributed by atoms with Gasteiger partial charge in [0.15, 0.2) is 6.61 Å². The van der Waals surface area contributed by atoms with E-state index in [4.69, 9.17) is 9.47 Å². The Morgan fingerprint density at radius 3 is 2.83 bits per heavy atom. The second-order valence-electron chi connectivity index (χ2n) is 3.42. The number of para-hydroxylation sites is 1. The molecule has 0 saturated heterocycles. The number of ether oxygens (including phenoxy) is 2. The van der Waals surface area contributed by atoms with Gasteiger partial charge in [-0.25, -0.2) is 4.79 Å². The van der Waals surface area contributed by atoms with Crippen molar-refractivity contribution >= 4 is 33.9 Å². The van der Waals surface area contributed by atoms with Crippen molar-refractivity contribution in [1.29, 1.82) is 0 Å². The van der Waals surface area contributed by atoms with Crippen LogP contribution in [0.15, 0.2) is 36.5 Å². The lowest BCUT2D eigenvalue weighted by Gasteiger charge is -2.07. The predicted molar refractivity (Wildman–Crippen MR) is 74.2 cm³/mol. The third-order valence-corrected chi connectivity index (χ3v) is 2.25. The minimum absolute atomic E-state index is 0. The molecule has 0 radical (unpaired) electrons. The van der Waals surface area contributed by atoms with Crippen molar-refractivity contribution < 1.29 is 14.3 Å². The molecule has 0 bridgehead atoms. The van der Waals surface area contributed by atoms with Gasteiger partial charge < -0.3 is 9.47 Å². The van der Waals surface area contributed by atoms with E-state index in [-0.39, 0.29) is 29.6 Å². The molecule has 0 unspecified atom stereocenters. The van der Waals surface area contributed by atoms with E-state index < -0.39 is 0 Å². The van der Waals surface area contributed by atoms with Crippen LogP contribution in [0.4, 0.5) is 0 Å². The normalized spacial score (nSPS) is 9.61. The predicted octanol–water partition coefficient (Wildman–Crippen LogP) is 2.75. The third-order valence-electron chi connectivity index (χ3n) is 2.25. The minimum Gasteiger partial charge on any atom is -0.480 e. The molecule has 2 rings (SSSR count). The molecule has 0 aliphatic carbocycles. The Morgan fingerprint density at radius 2 is 2.06 bits per heavy atom. The second-order valence-corrected chi connectivity index (χ2v) is 3.42. The fourth-order valence-electron chi connectivity index (χ4n) is 1.53. The van der Waals surface area contributed by atoms with Crippen LogP contribution in [0.3, 0.4) is 0 Å². The number of hydrogen-bond acceptors (Lipinski definition) is 4. The van der Waals surface area contributed by atoms with Crippen molar-refractivity contribution in [2.75, 3.05) is 13.2 Å². The summed E-state index contributed by atoms with van der Waals surface area (Å²) in [4.78, 5) is 15.4. The fraction of sp³-hybridized carbons (Fsp3) is 0.231. The van der Waals surface area contributed by atoms with Gasteiger partial charge in [0.2, 0.25) is 0 Å². The molecule has 1 aromatic heterocycles. The first-order chi connectivity index (χ1) is 8.31. The van der Waals surface area contributed by atoms with Crippen molar-refractivity contribution in [3.05, 3.63) is 36.5 Å². The summed E-state index contributed by atoms with van der Waals surface area (Å²) in [6.07, 6.45) is 1.69. The van der Waals surface area contributed by atoms with Gasteiger partial charge in [-0.15, -0.1) is 17.0 Å². The van der Waals surface area contributed by atoms with E-state index >= 15 is 0 Å². The molecule has 4 nitrogen and oxygen atoms in total. The molecular formula is C13H14BrNO3. The van der Waals surface area contributed by atoms with Gasteiger partial charge in [-0.05, 0) is 19.1 Å². The Labute approximate surface area is 116 Å². The Kier molecular flexibility index (Phi) is 5.58. The first kappa shape index (κ1) is 14.4. The van der Waals surface area contributed by atoms with E-state index in [2.05, 4.69) is 4.98 Å². The quantitative estimate of drug-likeness (QED) is 0.815. The number of carbonyl (C=O) groups is 1. The Morgan fingerprint density at radius 1 is 1.28 bits per heavy atom. The molecule has 0 N–H and O–H groups in total. The second kappa shape index (κ2) is 6.96. The average Bonchev–Trinajstić information content (AvgIpc) is 2.36. The van der Waals surface area contributed by atoms with Crippen LogP contribution < -0.4 is 4.74 Å². The highest BCUT2D eigenvalue weighted by Crippen LogP contribution is 2.22. The van der Waals surface area contributed by atoms with Crippen LogP contribution in [0.1, 0.15) is 6.92 Å². The number of aromatic nitrogens is 1. The molecule has 18 heavy (non-hydrogen) atoms. The fourth-order valence-corrected chi connectivity index (χ4v) is 1.53. The molecule has 0 atom stereocenters. The van der Waals surface area contributed by atoms with Crippen LogP contribution in [0.5, 0.6) is 5.75 Å².